The van der Waals surface area contributed by atoms with Crippen LogP contribution in [0, 0.1) is 17.2 Å². The van der Waals surface area contributed by atoms with Crippen molar-refractivity contribution in [1.29, 1.82) is 5.26 Å². The summed E-state index contributed by atoms with van der Waals surface area (Å²) in [5.74, 6) is -0.176. The third-order valence-electron chi connectivity index (χ3n) is 6.82. The van der Waals surface area contributed by atoms with Gasteiger partial charge in [0.05, 0.1) is 29.5 Å². The number of aliphatic carboxylic acids is 1. The van der Waals surface area contributed by atoms with Crippen molar-refractivity contribution in [3.63, 3.8) is 0 Å². The first-order chi connectivity index (χ1) is 15.1. The zero-order valence-electron chi connectivity index (χ0n) is 19.3. The summed E-state index contributed by atoms with van der Waals surface area (Å²) in [4.78, 5) is 32.5. The number of anilines is 1. The van der Waals surface area contributed by atoms with E-state index in [1.807, 2.05) is 13.8 Å². The molecule has 1 aliphatic carbocycles. The molecule has 4 rings (SSSR count). The molecule has 3 heterocycles. The largest absolute Gasteiger partial charge is 0.481 e. The zero-order chi connectivity index (χ0) is 23.2. The minimum atomic E-state index is -1.11. The van der Waals surface area contributed by atoms with Gasteiger partial charge in [0, 0.05) is 37.5 Å². The summed E-state index contributed by atoms with van der Waals surface area (Å²) in [5.41, 5.74) is 3.49. The Balaban J connectivity index is 1.71. The van der Waals surface area contributed by atoms with Crippen molar-refractivity contribution in [3.05, 3.63) is 22.4 Å². The van der Waals surface area contributed by atoms with Gasteiger partial charge in [-0.3, -0.25) is 9.59 Å². The topological polar surface area (TPSA) is 107 Å². The average Bonchev–Trinajstić information content (AvgIpc) is 3.56. The molecule has 8 heteroatoms. The first-order valence-electron chi connectivity index (χ1n) is 11.5. The van der Waals surface area contributed by atoms with Gasteiger partial charge in [-0.15, -0.1) is 0 Å². The van der Waals surface area contributed by atoms with Crippen LogP contribution >= 0.6 is 0 Å². The van der Waals surface area contributed by atoms with Gasteiger partial charge in [0.1, 0.15) is 18.3 Å². The molecule has 1 aromatic heterocycles. The number of hydrogen-bond donors (Lipinski definition) is 1. The second-order valence-corrected chi connectivity index (χ2v) is 10.2. The number of rotatable bonds is 5. The maximum absolute atomic E-state index is 12.5. The predicted molar refractivity (Wildman–Crippen MR) is 118 cm³/mol. The lowest BCUT2D eigenvalue weighted by Crippen LogP contribution is -2.58. The number of ether oxygens (including phenoxy) is 1. The van der Waals surface area contributed by atoms with Crippen molar-refractivity contribution in [2.75, 3.05) is 24.5 Å². The zero-order valence-corrected chi connectivity index (χ0v) is 19.3. The number of piperazine rings is 1. The quantitative estimate of drug-likeness (QED) is 0.702. The smallest absolute Gasteiger partial charge is 0.312 e. The fraction of sp³-hybridized carbons (Fsp3) is 0.667. The number of carboxylic acids is 1. The monoisotopic (exact) mass is 440 g/mol. The Labute approximate surface area is 189 Å². The average molecular weight is 441 g/mol. The molecule has 0 radical (unpaired) electrons. The van der Waals surface area contributed by atoms with Crippen LogP contribution in [0.3, 0.4) is 0 Å². The van der Waals surface area contributed by atoms with Gasteiger partial charge < -0.3 is 19.6 Å². The van der Waals surface area contributed by atoms with E-state index in [2.05, 4.69) is 24.8 Å². The Morgan fingerprint density at radius 3 is 2.59 bits per heavy atom. The van der Waals surface area contributed by atoms with E-state index in [0.29, 0.717) is 50.0 Å². The fourth-order valence-electron chi connectivity index (χ4n) is 4.93. The number of carbonyl (C=O) groups is 2. The Morgan fingerprint density at radius 2 is 2.00 bits per heavy atom. The van der Waals surface area contributed by atoms with Gasteiger partial charge >= 0.3 is 5.97 Å². The lowest BCUT2D eigenvalue weighted by molar-refractivity contribution is -0.146. The maximum Gasteiger partial charge on any atom is 0.312 e. The van der Waals surface area contributed by atoms with Crippen molar-refractivity contribution in [1.82, 2.24) is 9.88 Å². The van der Waals surface area contributed by atoms with E-state index in [9.17, 15) is 14.9 Å². The van der Waals surface area contributed by atoms with Crippen molar-refractivity contribution < 1.29 is 19.4 Å². The van der Waals surface area contributed by atoms with Gasteiger partial charge in [-0.25, -0.2) is 4.98 Å². The van der Waals surface area contributed by atoms with Gasteiger partial charge in [0.15, 0.2) is 0 Å². The number of carboxylic acid groups (broad SMARTS) is 1. The first kappa shape index (κ1) is 22.5. The first-order valence-corrected chi connectivity index (χ1v) is 11.5. The summed E-state index contributed by atoms with van der Waals surface area (Å²) in [5, 5.41) is 19.2. The third kappa shape index (κ3) is 4.31. The van der Waals surface area contributed by atoms with Crippen LogP contribution < -0.4 is 4.90 Å². The van der Waals surface area contributed by atoms with Gasteiger partial charge in [0.25, 0.3) is 0 Å². The van der Waals surface area contributed by atoms with Gasteiger partial charge in [-0.05, 0) is 38.2 Å². The standard InChI is InChI=1S/C24H32N4O4/c1-14(2)19-12-27(7-8-28(19)20(29)9-21(30)31)23-17(11-25)16-10-24(3,4)32-13-18(16)22(26-23)15-5-6-15/h14-15,19H,5-10,12-13H2,1-4H3,(H,30,31)/t19-/m0/s1. The fourth-order valence-corrected chi connectivity index (χ4v) is 4.93. The number of carbonyl (C=O) groups excluding carboxylic acids is 1. The molecule has 0 unspecified atom stereocenters. The highest BCUT2D eigenvalue weighted by molar-refractivity contribution is 5.93. The Morgan fingerprint density at radius 1 is 1.28 bits per heavy atom. The van der Waals surface area contributed by atoms with Crippen molar-refractivity contribution >= 4 is 17.7 Å². The Bertz CT molecular complexity index is 977. The molecule has 3 aliphatic rings. The molecule has 8 nitrogen and oxygen atoms in total. The molecule has 1 aromatic rings. The summed E-state index contributed by atoms with van der Waals surface area (Å²) in [6.45, 7) is 10.2. The third-order valence-corrected chi connectivity index (χ3v) is 6.82. The van der Waals surface area contributed by atoms with E-state index in [1.165, 1.54) is 0 Å². The molecular weight excluding hydrogens is 408 g/mol. The Kier molecular flexibility index (Phi) is 5.89. The second-order valence-electron chi connectivity index (χ2n) is 10.2. The molecule has 0 bridgehead atoms. The number of hydrogen-bond acceptors (Lipinski definition) is 6. The SMILES string of the molecule is CC(C)[C@@H]1CN(c2nc(C3CC3)c3c(c2C#N)CC(C)(C)OC3)CCN1C(=O)CC(=O)O. The second kappa shape index (κ2) is 8.36. The molecule has 172 valence electrons. The molecule has 1 saturated carbocycles. The molecule has 32 heavy (non-hydrogen) atoms. The lowest BCUT2D eigenvalue weighted by Gasteiger charge is -2.44. The molecule has 2 aliphatic heterocycles. The van der Waals surface area contributed by atoms with E-state index >= 15 is 0 Å². The molecular formula is C24H32N4O4. The lowest BCUT2D eigenvalue weighted by atomic mass is 9.87. The minimum Gasteiger partial charge on any atom is -0.481 e. The van der Waals surface area contributed by atoms with E-state index in [-0.39, 0.29) is 23.5 Å². The van der Waals surface area contributed by atoms with Crippen molar-refractivity contribution in [3.8, 4) is 6.07 Å². The van der Waals surface area contributed by atoms with E-state index in [4.69, 9.17) is 14.8 Å². The van der Waals surface area contributed by atoms with E-state index in [0.717, 1.165) is 29.7 Å². The summed E-state index contributed by atoms with van der Waals surface area (Å²) >= 11 is 0. The summed E-state index contributed by atoms with van der Waals surface area (Å²) < 4.78 is 6.06. The summed E-state index contributed by atoms with van der Waals surface area (Å²) in [7, 11) is 0. The molecule has 1 N–H and O–H groups in total. The number of amides is 1. The summed E-state index contributed by atoms with van der Waals surface area (Å²) in [6.07, 6.45) is 2.40. The van der Waals surface area contributed by atoms with Crippen LogP contribution in [0.4, 0.5) is 5.82 Å². The highest BCUT2D eigenvalue weighted by Crippen LogP contribution is 2.46. The van der Waals surface area contributed by atoms with Crippen molar-refractivity contribution in [2.45, 2.75) is 77.5 Å². The predicted octanol–water partition coefficient (Wildman–Crippen LogP) is 2.83. The highest BCUT2D eigenvalue weighted by atomic mass is 16.5. The van der Waals surface area contributed by atoms with Gasteiger partial charge in [-0.2, -0.15) is 5.26 Å². The van der Waals surface area contributed by atoms with Crippen LogP contribution in [0.1, 0.15) is 75.3 Å². The number of fused-ring (bicyclic) bond motifs is 1. The molecule has 2 fully saturated rings. The molecule has 0 spiro atoms. The molecule has 1 saturated heterocycles. The number of pyridine rings is 1. The van der Waals surface area contributed by atoms with Crippen LogP contribution in [0.2, 0.25) is 0 Å². The minimum absolute atomic E-state index is 0.135. The van der Waals surface area contributed by atoms with Gasteiger partial charge in [0.2, 0.25) is 5.91 Å². The van der Waals surface area contributed by atoms with Gasteiger partial charge in [-0.1, -0.05) is 13.8 Å². The number of nitriles is 1. The highest BCUT2D eigenvalue weighted by Gasteiger charge is 2.39. The molecule has 1 atom stereocenters. The maximum atomic E-state index is 12.5. The number of nitrogens with zero attached hydrogens (tertiary/aromatic N) is 4. The number of aromatic nitrogens is 1. The Hall–Kier alpha value is -2.66. The van der Waals surface area contributed by atoms with Crippen LogP contribution in [0.5, 0.6) is 0 Å². The van der Waals surface area contributed by atoms with Crippen LogP contribution in [0.15, 0.2) is 0 Å². The van der Waals surface area contributed by atoms with Crippen LogP contribution in [-0.2, 0) is 27.4 Å². The van der Waals surface area contributed by atoms with E-state index in [1.54, 1.807) is 4.90 Å². The normalized spacial score (nSPS) is 22.4. The molecule has 1 amide bonds. The van der Waals surface area contributed by atoms with Crippen LogP contribution in [0.25, 0.3) is 0 Å². The molecule has 0 aromatic carbocycles. The van der Waals surface area contributed by atoms with E-state index < -0.39 is 12.4 Å². The van der Waals surface area contributed by atoms with Crippen molar-refractivity contribution in [2.24, 2.45) is 5.92 Å². The van der Waals surface area contributed by atoms with Crippen LogP contribution in [-0.4, -0.2) is 58.1 Å². The summed E-state index contributed by atoms with van der Waals surface area (Å²) in [6, 6.07) is 2.30.